The summed E-state index contributed by atoms with van der Waals surface area (Å²) in [5.41, 5.74) is 5.71. The van der Waals surface area contributed by atoms with Gasteiger partial charge in [-0.3, -0.25) is 4.79 Å². The lowest BCUT2D eigenvalue weighted by Gasteiger charge is -2.38. The average molecular weight is 472 g/mol. The van der Waals surface area contributed by atoms with Crippen LogP contribution in [0.25, 0.3) is 0 Å². The highest BCUT2D eigenvalue weighted by Gasteiger charge is 2.36. The van der Waals surface area contributed by atoms with E-state index in [4.69, 9.17) is 24.7 Å². The quantitative estimate of drug-likeness (QED) is 0.408. The largest absolute Gasteiger partial charge is 0.493 e. The second kappa shape index (κ2) is 11.2. The van der Waals surface area contributed by atoms with E-state index in [1.54, 1.807) is 27.4 Å². The van der Waals surface area contributed by atoms with E-state index in [2.05, 4.69) is 11.4 Å². The SMILES string of the molecule is COc1cc(Sc2ccc(C#N)c(NC3(OC(=O)CN)CCCCC3)c2)cc(OC)c1OC. The second-order valence-corrected chi connectivity index (χ2v) is 8.79. The third kappa shape index (κ3) is 5.83. The van der Waals surface area contributed by atoms with Crippen molar-refractivity contribution in [3.05, 3.63) is 35.9 Å². The van der Waals surface area contributed by atoms with Crippen molar-refractivity contribution < 1.29 is 23.7 Å². The fraction of sp³-hybridized carbons (Fsp3) is 0.417. The van der Waals surface area contributed by atoms with Crippen LogP contribution < -0.4 is 25.3 Å². The first-order valence-corrected chi connectivity index (χ1v) is 11.5. The number of carbonyl (C=O) groups is 1. The summed E-state index contributed by atoms with van der Waals surface area (Å²) in [7, 11) is 4.70. The van der Waals surface area contributed by atoms with Crippen molar-refractivity contribution in [2.45, 2.75) is 47.6 Å². The van der Waals surface area contributed by atoms with Crippen LogP contribution in [0.15, 0.2) is 40.1 Å². The first-order chi connectivity index (χ1) is 16.0. The minimum absolute atomic E-state index is 0.189. The van der Waals surface area contributed by atoms with Gasteiger partial charge in [0, 0.05) is 22.6 Å². The Morgan fingerprint density at radius 1 is 1.06 bits per heavy atom. The number of nitrogens with two attached hydrogens (primary N) is 1. The Hall–Kier alpha value is -3.09. The van der Waals surface area contributed by atoms with Gasteiger partial charge < -0.3 is 30.0 Å². The molecule has 0 saturated heterocycles. The molecule has 3 N–H and O–H groups in total. The molecule has 0 unspecified atom stereocenters. The first-order valence-electron chi connectivity index (χ1n) is 10.7. The van der Waals surface area contributed by atoms with Crippen LogP contribution in [0.3, 0.4) is 0 Å². The summed E-state index contributed by atoms with van der Waals surface area (Å²) in [5, 5.41) is 13.0. The van der Waals surface area contributed by atoms with E-state index >= 15 is 0 Å². The Balaban J connectivity index is 1.93. The molecule has 1 aliphatic rings. The number of ether oxygens (including phenoxy) is 4. The van der Waals surface area contributed by atoms with Gasteiger partial charge in [0.25, 0.3) is 0 Å². The average Bonchev–Trinajstić information content (AvgIpc) is 2.83. The molecule has 0 radical (unpaired) electrons. The minimum Gasteiger partial charge on any atom is -0.493 e. The topological polar surface area (TPSA) is 116 Å². The van der Waals surface area contributed by atoms with Crippen molar-refractivity contribution in [3.8, 4) is 23.3 Å². The van der Waals surface area contributed by atoms with Crippen LogP contribution >= 0.6 is 11.8 Å². The number of esters is 1. The summed E-state index contributed by atoms with van der Waals surface area (Å²) in [4.78, 5) is 13.8. The molecule has 0 heterocycles. The van der Waals surface area contributed by atoms with Crippen molar-refractivity contribution >= 4 is 23.4 Å². The number of benzene rings is 2. The van der Waals surface area contributed by atoms with Crippen LogP contribution in [-0.2, 0) is 9.53 Å². The Bertz CT molecular complexity index is 1010. The van der Waals surface area contributed by atoms with Crippen LogP contribution in [0.4, 0.5) is 5.69 Å². The second-order valence-electron chi connectivity index (χ2n) is 7.64. The minimum atomic E-state index is -0.865. The van der Waals surface area contributed by atoms with Crippen LogP contribution in [0, 0.1) is 11.3 Å². The fourth-order valence-electron chi connectivity index (χ4n) is 3.92. The van der Waals surface area contributed by atoms with Gasteiger partial charge in [0.15, 0.2) is 17.2 Å². The summed E-state index contributed by atoms with van der Waals surface area (Å²) in [6.45, 7) is -0.189. The zero-order valence-corrected chi connectivity index (χ0v) is 19.9. The van der Waals surface area contributed by atoms with Crippen molar-refractivity contribution in [3.63, 3.8) is 0 Å². The number of carbonyl (C=O) groups excluding carboxylic acids is 1. The van der Waals surface area contributed by atoms with Gasteiger partial charge in [-0.2, -0.15) is 5.26 Å². The maximum atomic E-state index is 12.0. The lowest BCUT2D eigenvalue weighted by Crippen LogP contribution is -2.46. The van der Waals surface area contributed by atoms with Gasteiger partial charge in [-0.05, 0) is 43.2 Å². The third-order valence-electron chi connectivity index (χ3n) is 5.49. The molecule has 1 aliphatic carbocycles. The van der Waals surface area contributed by atoms with E-state index in [0.717, 1.165) is 29.1 Å². The van der Waals surface area contributed by atoms with E-state index in [1.807, 2.05) is 24.3 Å². The van der Waals surface area contributed by atoms with Gasteiger partial charge in [-0.15, -0.1) is 0 Å². The predicted molar refractivity (Wildman–Crippen MR) is 126 cm³/mol. The maximum Gasteiger partial charge on any atom is 0.321 e. The molecule has 0 spiro atoms. The predicted octanol–water partition coefficient (Wildman–Crippen LogP) is 4.31. The molecule has 0 amide bonds. The lowest BCUT2D eigenvalue weighted by atomic mass is 9.91. The molecule has 2 aromatic carbocycles. The molecule has 0 bridgehead atoms. The van der Waals surface area contributed by atoms with E-state index in [9.17, 15) is 10.1 Å². The van der Waals surface area contributed by atoms with Crippen LogP contribution in [0.2, 0.25) is 0 Å². The molecule has 1 fully saturated rings. The number of rotatable bonds is 9. The zero-order chi connectivity index (χ0) is 23.8. The number of hydrogen-bond acceptors (Lipinski definition) is 9. The van der Waals surface area contributed by atoms with Gasteiger partial charge in [0.1, 0.15) is 6.07 Å². The van der Waals surface area contributed by atoms with Crippen LogP contribution in [-0.4, -0.2) is 39.6 Å². The molecule has 0 aromatic heterocycles. The third-order valence-corrected chi connectivity index (χ3v) is 6.45. The Morgan fingerprint density at radius 3 is 2.27 bits per heavy atom. The van der Waals surface area contributed by atoms with Crippen LogP contribution in [0.1, 0.15) is 37.7 Å². The van der Waals surface area contributed by atoms with Crippen molar-refractivity contribution in [1.82, 2.24) is 0 Å². The van der Waals surface area contributed by atoms with E-state index in [-0.39, 0.29) is 6.54 Å². The maximum absolute atomic E-state index is 12.0. The highest BCUT2D eigenvalue weighted by Crippen LogP contribution is 2.43. The Morgan fingerprint density at radius 2 is 1.73 bits per heavy atom. The lowest BCUT2D eigenvalue weighted by molar-refractivity contribution is -0.158. The van der Waals surface area contributed by atoms with Crippen LogP contribution in [0.5, 0.6) is 17.2 Å². The number of nitrogens with zero attached hydrogens (tertiary/aromatic N) is 1. The monoisotopic (exact) mass is 471 g/mol. The summed E-state index contributed by atoms with van der Waals surface area (Å²) < 4.78 is 22.0. The van der Waals surface area contributed by atoms with Gasteiger partial charge in [-0.1, -0.05) is 18.2 Å². The normalized spacial score (nSPS) is 14.6. The standard InChI is InChI=1S/C24H29N3O5S/c1-29-20-12-18(13-21(30-2)23(20)31-3)33-17-8-7-16(14-25)19(11-17)27-24(32-22(28)15-26)9-5-4-6-10-24/h7-8,11-13,27H,4-6,9-10,15,26H2,1-3H3. The number of nitriles is 1. The van der Waals surface area contributed by atoms with Crippen molar-refractivity contribution in [2.75, 3.05) is 33.2 Å². The molecule has 1 saturated carbocycles. The smallest absolute Gasteiger partial charge is 0.321 e. The summed E-state index contributed by atoms with van der Waals surface area (Å²) >= 11 is 1.49. The van der Waals surface area contributed by atoms with Gasteiger partial charge in [-0.25, -0.2) is 0 Å². The number of methoxy groups -OCH3 is 3. The zero-order valence-electron chi connectivity index (χ0n) is 19.1. The molecular weight excluding hydrogens is 442 g/mol. The number of nitrogens with one attached hydrogen (secondary N) is 1. The van der Waals surface area contributed by atoms with Crippen molar-refractivity contribution in [2.24, 2.45) is 5.73 Å². The highest BCUT2D eigenvalue weighted by atomic mass is 32.2. The molecule has 9 heteroatoms. The van der Waals surface area contributed by atoms with E-state index in [1.165, 1.54) is 11.8 Å². The van der Waals surface area contributed by atoms with Gasteiger partial charge in [0.05, 0.1) is 39.1 Å². The molecule has 0 aliphatic heterocycles. The molecule has 8 nitrogen and oxygen atoms in total. The fourth-order valence-corrected chi connectivity index (χ4v) is 4.84. The van der Waals surface area contributed by atoms with Crippen molar-refractivity contribution in [1.29, 1.82) is 5.26 Å². The molecule has 0 atom stereocenters. The van der Waals surface area contributed by atoms with E-state index in [0.29, 0.717) is 41.3 Å². The highest BCUT2D eigenvalue weighted by molar-refractivity contribution is 7.99. The summed E-state index contributed by atoms with van der Waals surface area (Å²) in [6, 6.07) is 11.5. The molecule has 176 valence electrons. The first kappa shape index (κ1) is 24.6. The number of hydrogen-bond donors (Lipinski definition) is 2. The van der Waals surface area contributed by atoms with E-state index < -0.39 is 11.7 Å². The molecule has 33 heavy (non-hydrogen) atoms. The molecule has 3 rings (SSSR count). The Labute approximate surface area is 198 Å². The Kier molecular flexibility index (Phi) is 8.31. The summed E-state index contributed by atoms with van der Waals surface area (Å²) in [6.07, 6.45) is 4.24. The molecular formula is C24H29N3O5S. The van der Waals surface area contributed by atoms with Gasteiger partial charge >= 0.3 is 5.97 Å². The summed E-state index contributed by atoms with van der Waals surface area (Å²) in [5.74, 6) is 1.17. The molecule has 2 aromatic rings. The number of anilines is 1. The van der Waals surface area contributed by atoms with Gasteiger partial charge in [0.2, 0.25) is 5.75 Å².